The second-order valence-corrected chi connectivity index (χ2v) is 5.27. The summed E-state index contributed by atoms with van der Waals surface area (Å²) in [7, 11) is 1.43. The molecule has 0 unspecified atom stereocenters. The fourth-order valence-electron chi connectivity index (χ4n) is 1.56. The number of thioether (sulfide) groups is 1. The Labute approximate surface area is 130 Å². The number of carbonyl (C=O) groups excluding carboxylic acids is 2. The number of hydrogen-bond acceptors (Lipinski definition) is 5. The predicted molar refractivity (Wildman–Crippen MR) is 79.8 cm³/mol. The fraction of sp³-hybridized carbons (Fsp3) is 0.214. The van der Waals surface area contributed by atoms with Gasteiger partial charge in [-0.15, -0.1) is 0 Å². The molecule has 0 saturated heterocycles. The third-order valence-electron chi connectivity index (χ3n) is 2.65. The van der Waals surface area contributed by atoms with Crippen molar-refractivity contribution in [3.05, 3.63) is 36.3 Å². The minimum atomic E-state index is -0.537. The van der Waals surface area contributed by atoms with E-state index in [0.29, 0.717) is 16.7 Å². The summed E-state index contributed by atoms with van der Waals surface area (Å²) in [6.07, 6.45) is 1.70. The number of urea groups is 1. The van der Waals surface area contributed by atoms with E-state index >= 15 is 0 Å². The lowest BCUT2D eigenvalue weighted by atomic mass is 10.2. The van der Waals surface area contributed by atoms with E-state index in [9.17, 15) is 14.0 Å². The van der Waals surface area contributed by atoms with Gasteiger partial charge >= 0.3 is 6.03 Å². The van der Waals surface area contributed by atoms with Crippen molar-refractivity contribution >= 4 is 23.7 Å². The summed E-state index contributed by atoms with van der Waals surface area (Å²) in [5.41, 5.74) is 0.720. The van der Waals surface area contributed by atoms with Gasteiger partial charge in [0.25, 0.3) is 5.22 Å². The first kappa shape index (κ1) is 16.0. The SMILES string of the molecule is CNC(=O)NC(=O)CCSc1ncc(-c2ccc(F)cc2)o1. The predicted octanol–water partition coefficient (Wildman–Crippen LogP) is 2.42. The molecule has 3 amide bonds. The molecule has 0 aliphatic heterocycles. The van der Waals surface area contributed by atoms with Gasteiger partial charge in [-0.2, -0.15) is 0 Å². The van der Waals surface area contributed by atoms with Crippen molar-refractivity contribution in [2.45, 2.75) is 11.6 Å². The van der Waals surface area contributed by atoms with Gasteiger partial charge in [-0.1, -0.05) is 11.8 Å². The van der Waals surface area contributed by atoms with E-state index in [1.807, 2.05) is 0 Å². The Balaban J connectivity index is 1.84. The maximum Gasteiger partial charge on any atom is 0.321 e. The third-order valence-corrected chi connectivity index (χ3v) is 3.49. The number of hydrogen-bond donors (Lipinski definition) is 2. The number of nitrogens with one attached hydrogen (secondary N) is 2. The molecular formula is C14H14FN3O3S. The molecular weight excluding hydrogens is 309 g/mol. The molecule has 1 heterocycles. The topological polar surface area (TPSA) is 84.2 Å². The van der Waals surface area contributed by atoms with E-state index in [2.05, 4.69) is 15.6 Å². The minimum absolute atomic E-state index is 0.159. The van der Waals surface area contributed by atoms with Crippen molar-refractivity contribution in [3.63, 3.8) is 0 Å². The first-order chi connectivity index (χ1) is 10.6. The van der Waals surface area contributed by atoms with Crippen LogP contribution in [0.25, 0.3) is 11.3 Å². The Hall–Kier alpha value is -2.35. The monoisotopic (exact) mass is 323 g/mol. The molecule has 0 bridgehead atoms. The largest absolute Gasteiger partial charge is 0.431 e. The standard InChI is InChI=1S/C14H14FN3O3S/c1-16-13(20)18-12(19)6-7-22-14-17-8-11(21-14)9-2-4-10(15)5-3-9/h2-5,8H,6-7H2,1H3,(H2,16,18,19,20). The molecule has 0 aliphatic carbocycles. The van der Waals surface area contributed by atoms with Gasteiger partial charge in [-0.3, -0.25) is 10.1 Å². The van der Waals surface area contributed by atoms with E-state index in [-0.39, 0.29) is 18.1 Å². The van der Waals surface area contributed by atoms with Gasteiger partial charge in [-0.05, 0) is 24.3 Å². The highest BCUT2D eigenvalue weighted by atomic mass is 32.2. The summed E-state index contributed by atoms with van der Waals surface area (Å²) in [5.74, 6) is 0.251. The Morgan fingerprint density at radius 1 is 1.32 bits per heavy atom. The Morgan fingerprint density at radius 3 is 2.73 bits per heavy atom. The second kappa shape index (κ2) is 7.60. The Kier molecular flexibility index (Phi) is 5.54. The van der Waals surface area contributed by atoms with Gasteiger partial charge in [0.15, 0.2) is 5.76 Å². The van der Waals surface area contributed by atoms with Crippen molar-refractivity contribution in [1.82, 2.24) is 15.6 Å². The zero-order valence-corrected chi connectivity index (χ0v) is 12.6. The molecule has 0 radical (unpaired) electrons. The lowest BCUT2D eigenvalue weighted by Crippen LogP contribution is -2.37. The van der Waals surface area contributed by atoms with E-state index in [4.69, 9.17) is 4.42 Å². The summed E-state index contributed by atoms with van der Waals surface area (Å²) < 4.78 is 18.4. The summed E-state index contributed by atoms with van der Waals surface area (Å²) in [4.78, 5) is 26.4. The summed E-state index contributed by atoms with van der Waals surface area (Å²) in [6, 6.07) is 5.34. The first-order valence-corrected chi connectivity index (χ1v) is 7.43. The number of carbonyl (C=O) groups is 2. The average Bonchev–Trinajstić information content (AvgIpc) is 2.96. The number of benzene rings is 1. The first-order valence-electron chi connectivity index (χ1n) is 6.44. The van der Waals surface area contributed by atoms with E-state index in [1.54, 1.807) is 18.3 Å². The molecule has 1 aromatic carbocycles. The highest BCUT2D eigenvalue weighted by Crippen LogP contribution is 2.25. The Bertz CT molecular complexity index is 658. The molecule has 0 saturated carbocycles. The highest BCUT2D eigenvalue weighted by molar-refractivity contribution is 7.99. The maximum atomic E-state index is 12.8. The average molecular weight is 323 g/mol. The van der Waals surface area contributed by atoms with Crippen LogP contribution in [-0.4, -0.2) is 29.7 Å². The van der Waals surface area contributed by atoms with Crippen molar-refractivity contribution in [3.8, 4) is 11.3 Å². The highest BCUT2D eigenvalue weighted by Gasteiger charge is 2.09. The lowest BCUT2D eigenvalue weighted by molar-refractivity contribution is -0.119. The van der Waals surface area contributed by atoms with E-state index < -0.39 is 6.03 Å². The third kappa shape index (κ3) is 4.59. The molecule has 2 N–H and O–H groups in total. The smallest absolute Gasteiger partial charge is 0.321 e. The van der Waals surface area contributed by atoms with Crippen molar-refractivity contribution in [2.75, 3.05) is 12.8 Å². The maximum absolute atomic E-state index is 12.8. The molecule has 2 aromatic rings. The molecule has 0 aliphatic rings. The van der Waals surface area contributed by atoms with Gasteiger partial charge in [0.05, 0.1) is 6.20 Å². The summed E-state index contributed by atoms with van der Waals surface area (Å²) in [6.45, 7) is 0. The number of oxazole rings is 1. The van der Waals surface area contributed by atoms with Gasteiger partial charge in [0.2, 0.25) is 5.91 Å². The van der Waals surface area contributed by atoms with Crippen LogP contribution in [-0.2, 0) is 4.79 Å². The summed E-state index contributed by atoms with van der Waals surface area (Å²) >= 11 is 1.26. The normalized spacial score (nSPS) is 10.3. The minimum Gasteiger partial charge on any atom is -0.431 e. The zero-order chi connectivity index (χ0) is 15.9. The van der Waals surface area contributed by atoms with Crippen LogP contribution in [0.4, 0.5) is 9.18 Å². The Morgan fingerprint density at radius 2 is 2.05 bits per heavy atom. The van der Waals surface area contributed by atoms with Crippen molar-refractivity contribution in [1.29, 1.82) is 0 Å². The van der Waals surface area contributed by atoms with E-state index in [1.165, 1.54) is 30.9 Å². The molecule has 0 fully saturated rings. The van der Waals surface area contributed by atoms with Crippen molar-refractivity contribution in [2.24, 2.45) is 0 Å². The van der Waals surface area contributed by atoms with E-state index in [0.717, 1.165) is 5.56 Å². The van der Waals surface area contributed by atoms with Crippen LogP contribution < -0.4 is 10.6 Å². The number of halogens is 1. The number of amides is 3. The van der Waals surface area contributed by atoms with Crippen LogP contribution in [0.15, 0.2) is 40.1 Å². The number of nitrogens with zero attached hydrogens (tertiary/aromatic N) is 1. The van der Waals surface area contributed by atoms with Gasteiger partial charge in [-0.25, -0.2) is 14.2 Å². The van der Waals surface area contributed by atoms with Crippen LogP contribution in [0.1, 0.15) is 6.42 Å². The second-order valence-electron chi connectivity index (χ2n) is 4.22. The van der Waals surface area contributed by atoms with Crippen LogP contribution in [0.5, 0.6) is 0 Å². The molecule has 2 rings (SSSR count). The van der Waals surface area contributed by atoms with Crippen LogP contribution >= 0.6 is 11.8 Å². The number of rotatable bonds is 5. The summed E-state index contributed by atoms with van der Waals surface area (Å²) in [5, 5.41) is 4.87. The number of imide groups is 1. The molecule has 0 spiro atoms. The molecule has 6 nitrogen and oxygen atoms in total. The molecule has 116 valence electrons. The van der Waals surface area contributed by atoms with Gasteiger partial charge in [0.1, 0.15) is 5.82 Å². The van der Waals surface area contributed by atoms with Gasteiger partial charge < -0.3 is 9.73 Å². The molecule has 1 aromatic heterocycles. The van der Waals surface area contributed by atoms with Crippen LogP contribution in [0.3, 0.4) is 0 Å². The number of aromatic nitrogens is 1. The lowest BCUT2D eigenvalue weighted by Gasteiger charge is -2.01. The molecule has 22 heavy (non-hydrogen) atoms. The van der Waals surface area contributed by atoms with Crippen LogP contribution in [0.2, 0.25) is 0 Å². The van der Waals surface area contributed by atoms with Gasteiger partial charge in [0, 0.05) is 24.8 Å². The quantitative estimate of drug-likeness (QED) is 0.826. The molecule has 0 atom stereocenters. The zero-order valence-electron chi connectivity index (χ0n) is 11.8. The molecule has 8 heteroatoms. The van der Waals surface area contributed by atoms with Crippen LogP contribution in [0, 0.1) is 5.82 Å². The van der Waals surface area contributed by atoms with Crippen molar-refractivity contribution < 1.29 is 18.4 Å². The fourth-order valence-corrected chi connectivity index (χ4v) is 2.29.